The summed E-state index contributed by atoms with van der Waals surface area (Å²) in [6.07, 6.45) is 3.43. The molecule has 2 aromatic carbocycles. The lowest BCUT2D eigenvalue weighted by atomic mass is 10.0. The molecule has 11 heteroatoms. The van der Waals surface area contributed by atoms with Gasteiger partial charge in [0.1, 0.15) is 11.6 Å². The maximum absolute atomic E-state index is 14.1. The highest BCUT2D eigenvalue weighted by Crippen LogP contribution is 2.33. The van der Waals surface area contributed by atoms with E-state index in [1.54, 1.807) is 24.4 Å². The van der Waals surface area contributed by atoms with Crippen molar-refractivity contribution in [3.8, 4) is 11.1 Å². The Balaban J connectivity index is 0.00000112. The number of hydrogen-bond donors (Lipinski definition) is 2. The van der Waals surface area contributed by atoms with Gasteiger partial charge in [-0.1, -0.05) is 35.9 Å². The molecule has 0 spiro atoms. The largest absolute Gasteiger partial charge is 0.480 e. The van der Waals surface area contributed by atoms with E-state index in [4.69, 9.17) is 16.7 Å². The van der Waals surface area contributed by atoms with Gasteiger partial charge in [-0.25, -0.2) is 18.2 Å². The number of anilines is 2. The zero-order chi connectivity index (χ0) is 27.8. The number of carboxylic acids is 1. The number of pyridine rings is 2. The Morgan fingerprint density at radius 3 is 2.36 bits per heavy atom. The average Bonchev–Trinajstić information content (AvgIpc) is 2.94. The second-order valence-corrected chi connectivity index (χ2v) is 9.23. The molecule has 2 N–H and O–H groups in total. The van der Waals surface area contributed by atoms with Crippen LogP contribution >= 0.6 is 11.6 Å². The number of benzene rings is 2. The highest BCUT2D eigenvalue weighted by molar-refractivity contribution is 6.34. The van der Waals surface area contributed by atoms with Crippen molar-refractivity contribution in [1.29, 1.82) is 0 Å². The first-order valence-corrected chi connectivity index (χ1v) is 12.6. The van der Waals surface area contributed by atoms with Crippen LogP contribution in [0.1, 0.15) is 5.56 Å². The van der Waals surface area contributed by atoms with Gasteiger partial charge in [0.15, 0.2) is 0 Å². The fraction of sp³-hybridized carbons (Fsp3) is 0.250. The minimum absolute atomic E-state index is 0.0676. The number of nitrogens with one attached hydrogen (secondary N) is 1. The zero-order valence-corrected chi connectivity index (χ0v) is 21.7. The van der Waals surface area contributed by atoms with Gasteiger partial charge >= 0.3 is 5.97 Å². The van der Waals surface area contributed by atoms with Gasteiger partial charge in [0.2, 0.25) is 6.93 Å². The molecule has 0 atom stereocenters. The Kier molecular flexibility index (Phi) is 9.56. The third kappa shape index (κ3) is 7.15. The summed E-state index contributed by atoms with van der Waals surface area (Å²) in [5.41, 5.74) is 3.95. The molecule has 39 heavy (non-hydrogen) atoms. The molecule has 3 heterocycles. The third-order valence-electron chi connectivity index (χ3n) is 6.37. The molecule has 2 aromatic heterocycles. The summed E-state index contributed by atoms with van der Waals surface area (Å²) < 4.78 is 33.4. The van der Waals surface area contributed by atoms with Gasteiger partial charge < -0.3 is 15.3 Å². The van der Waals surface area contributed by atoms with Crippen LogP contribution in [0.5, 0.6) is 0 Å². The molecule has 0 saturated carbocycles. The fourth-order valence-corrected chi connectivity index (χ4v) is 4.64. The lowest BCUT2D eigenvalue weighted by molar-refractivity contribution is -0.138. The highest BCUT2D eigenvalue weighted by atomic mass is 35.5. The van der Waals surface area contributed by atoms with Crippen LogP contribution in [0.4, 0.5) is 24.7 Å². The molecule has 0 unspecified atom stereocenters. The first kappa shape index (κ1) is 28.1. The molecule has 7 nitrogen and oxygen atoms in total. The molecule has 0 amide bonds. The van der Waals surface area contributed by atoms with Crippen molar-refractivity contribution in [2.45, 2.75) is 6.54 Å². The second-order valence-electron chi connectivity index (χ2n) is 8.82. The summed E-state index contributed by atoms with van der Waals surface area (Å²) in [6.45, 7) is 1.46. The normalized spacial score (nSPS) is 13.6. The summed E-state index contributed by atoms with van der Waals surface area (Å²) in [5, 5.41) is 13.6. The van der Waals surface area contributed by atoms with E-state index in [9.17, 15) is 18.0 Å². The number of carbonyl (C=O) groups is 1. The van der Waals surface area contributed by atoms with Crippen molar-refractivity contribution >= 4 is 40.0 Å². The minimum Gasteiger partial charge on any atom is -0.480 e. The number of carboxylic acid groups (broad SMARTS) is 1. The fourth-order valence-electron chi connectivity index (χ4n) is 4.42. The summed E-state index contributed by atoms with van der Waals surface area (Å²) in [4.78, 5) is 24.1. The molecule has 0 radical (unpaired) electrons. The number of aromatic nitrogens is 2. The van der Waals surface area contributed by atoms with Gasteiger partial charge in [0, 0.05) is 61.6 Å². The average molecular weight is 558 g/mol. The molecule has 1 saturated heterocycles. The van der Waals surface area contributed by atoms with Crippen molar-refractivity contribution in [1.82, 2.24) is 14.9 Å². The monoisotopic (exact) mass is 557 g/mol. The zero-order valence-electron chi connectivity index (χ0n) is 21.0. The van der Waals surface area contributed by atoms with Gasteiger partial charge in [-0.15, -0.1) is 0 Å². The van der Waals surface area contributed by atoms with Crippen molar-refractivity contribution in [2.75, 3.05) is 49.9 Å². The van der Waals surface area contributed by atoms with Crippen molar-refractivity contribution < 1.29 is 23.1 Å². The van der Waals surface area contributed by atoms with Crippen molar-refractivity contribution in [2.24, 2.45) is 0 Å². The molecule has 1 fully saturated rings. The van der Waals surface area contributed by atoms with Crippen LogP contribution in [-0.2, 0) is 11.3 Å². The van der Waals surface area contributed by atoms with E-state index in [0.29, 0.717) is 35.9 Å². The first-order chi connectivity index (χ1) is 18.9. The van der Waals surface area contributed by atoms with E-state index < -0.39 is 12.9 Å². The number of nitrogens with zero attached hydrogens (tertiary/aromatic N) is 4. The second kappa shape index (κ2) is 13.3. The van der Waals surface area contributed by atoms with E-state index in [2.05, 4.69) is 20.2 Å². The van der Waals surface area contributed by atoms with Crippen LogP contribution in [0.25, 0.3) is 22.0 Å². The number of aliphatic carboxylic acids is 1. The number of rotatable bonds is 7. The SMILES string of the molecule is FCF.O=C(O)CN1CCN(c2ccc(-c3ccc4ncc(Cl)c(NCc5ccccc5F)c4c3)cn2)CC1. The standard InChI is InChI=1S/C27H25ClFN5O2.CH2F2/c28-22-16-30-24-7-5-18(13-21(24)27(22)32-15-20-3-1-2-4-23(20)29)19-6-8-25(31-14-19)34-11-9-33(10-12-34)17-26(35)36;2-1-3/h1-8,13-14,16H,9-12,15,17H2,(H,30,32)(H,35,36);1H2. The predicted molar refractivity (Wildman–Crippen MR) is 147 cm³/mol. The molecule has 1 aliphatic rings. The lowest BCUT2D eigenvalue weighted by Gasteiger charge is -2.34. The molecular formula is C28H27ClF3N5O2. The van der Waals surface area contributed by atoms with Crippen molar-refractivity contribution in [3.63, 3.8) is 0 Å². The van der Waals surface area contributed by atoms with Crippen molar-refractivity contribution in [3.05, 3.63) is 83.4 Å². The molecule has 0 bridgehead atoms. The van der Waals surface area contributed by atoms with Crippen LogP contribution < -0.4 is 10.2 Å². The molecule has 0 aliphatic carbocycles. The molecular weight excluding hydrogens is 531 g/mol. The quantitative estimate of drug-likeness (QED) is 0.298. The van der Waals surface area contributed by atoms with E-state index >= 15 is 0 Å². The lowest BCUT2D eigenvalue weighted by Crippen LogP contribution is -2.48. The Morgan fingerprint density at radius 2 is 1.69 bits per heavy atom. The van der Waals surface area contributed by atoms with E-state index in [1.165, 1.54) is 6.07 Å². The number of fused-ring (bicyclic) bond motifs is 1. The Morgan fingerprint density at radius 1 is 0.974 bits per heavy atom. The number of hydrogen-bond acceptors (Lipinski definition) is 6. The van der Waals surface area contributed by atoms with E-state index in [0.717, 1.165) is 40.9 Å². The number of alkyl halides is 2. The maximum atomic E-state index is 14.1. The van der Waals surface area contributed by atoms with Crippen LogP contribution in [0, 0.1) is 5.82 Å². The Labute approximate surface area is 228 Å². The maximum Gasteiger partial charge on any atom is 0.317 e. The third-order valence-corrected chi connectivity index (χ3v) is 6.66. The topological polar surface area (TPSA) is 81.6 Å². The molecule has 204 valence electrons. The molecule has 5 rings (SSSR count). The summed E-state index contributed by atoms with van der Waals surface area (Å²) in [6, 6.07) is 16.6. The summed E-state index contributed by atoms with van der Waals surface area (Å²) in [5.74, 6) is -0.204. The van der Waals surface area contributed by atoms with Crippen LogP contribution in [-0.4, -0.2) is 65.6 Å². The van der Waals surface area contributed by atoms with Crippen LogP contribution in [0.15, 0.2) is 67.0 Å². The number of halogens is 4. The molecule has 4 aromatic rings. The van der Waals surface area contributed by atoms with Gasteiger partial charge in [-0.05, 0) is 35.9 Å². The highest BCUT2D eigenvalue weighted by Gasteiger charge is 2.19. The van der Waals surface area contributed by atoms with Gasteiger partial charge in [0.25, 0.3) is 0 Å². The van der Waals surface area contributed by atoms with Crippen LogP contribution in [0.3, 0.4) is 0 Å². The molecule has 1 aliphatic heterocycles. The minimum atomic E-state index is -1.75. The van der Waals surface area contributed by atoms with Crippen LogP contribution in [0.2, 0.25) is 5.02 Å². The van der Waals surface area contributed by atoms with Gasteiger partial charge in [-0.3, -0.25) is 14.7 Å². The van der Waals surface area contributed by atoms with Gasteiger partial charge in [0.05, 0.1) is 22.8 Å². The predicted octanol–water partition coefficient (Wildman–Crippen LogP) is 5.79. The smallest absolute Gasteiger partial charge is 0.317 e. The first-order valence-electron chi connectivity index (χ1n) is 12.2. The van der Waals surface area contributed by atoms with Gasteiger partial charge in [-0.2, -0.15) is 0 Å². The Hall–Kier alpha value is -3.89. The summed E-state index contributed by atoms with van der Waals surface area (Å²) >= 11 is 6.48. The van der Waals surface area contributed by atoms with E-state index in [-0.39, 0.29) is 12.4 Å². The summed E-state index contributed by atoms with van der Waals surface area (Å²) in [7, 11) is 0. The Bertz CT molecular complexity index is 1420. The number of piperazine rings is 1. The van der Waals surface area contributed by atoms with E-state index in [1.807, 2.05) is 41.4 Å².